The Morgan fingerprint density at radius 2 is 2.15 bits per heavy atom. The Morgan fingerprint density at radius 3 is 2.88 bits per heavy atom. The van der Waals surface area contributed by atoms with Crippen molar-refractivity contribution in [2.45, 2.75) is 19.3 Å². The summed E-state index contributed by atoms with van der Waals surface area (Å²) in [4.78, 5) is 17.2. The molecule has 0 aromatic heterocycles. The van der Waals surface area contributed by atoms with Gasteiger partial charge in [0, 0.05) is 43.4 Å². The minimum Gasteiger partial charge on any atom is -0.379 e. The van der Waals surface area contributed by atoms with Crippen molar-refractivity contribution in [3.05, 3.63) is 41.4 Å². The molecule has 1 N–H and O–H groups in total. The van der Waals surface area contributed by atoms with E-state index < -0.39 is 0 Å². The third-order valence-electron chi connectivity index (χ3n) is 5.01. The van der Waals surface area contributed by atoms with Crippen molar-refractivity contribution in [1.82, 2.24) is 9.80 Å². The van der Waals surface area contributed by atoms with Gasteiger partial charge < -0.3 is 15.0 Å². The molecule has 0 spiro atoms. The lowest BCUT2D eigenvalue weighted by molar-refractivity contribution is 0.0346. The number of ether oxygens (including phenoxy) is 1. The van der Waals surface area contributed by atoms with Gasteiger partial charge in [0.15, 0.2) is 0 Å². The average Bonchev–Trinajstić information content (AvgIpc) is 2.66. The van der Waals surface area contributed by atoms with Gasteiger partial charge in [0.1, 0.15) is 0 Å². The Bertz CT molecular complexity index is 617. The predicted octanol–water partition coefficient (Wildman–Crippen LogP) is 3.86. The zero-order chi connectivity index (χ0) is 18.2. The van der Waals surface area contributed by atoms with Gasteiger partial charge in [-0.3, -0.25) is 4.90 Å². The molecule has 1 aliphatic heterocycles. The number of carbonyl (C=O) groups excluding carboxylic acids is 1. The number of amides is 2. The maximum Gasteiger partial charge on any atom is 0.321 e. The summed E-state index contributed by atoms with van der Waals surface area (Å²) in [6, 6.07) is 7.26. The van der Waals surface area contributed by atoms with E-state index >= 15 is 0 Å². The van der Waals surface area contributed by atoms with Gasteiger partial charge in [-0.15, -0.1) is 0 Å². The van der Waals surface area contributed by atoms with Crippen LogP contribution in [-0.2, 0) is 4.74 Å². The summed E-state index contributed by atoms with van der Waals surface area (Å²) in [6.07, 6.45) is 7.79. The zero-order valence-electron chi connectivity index (χ0n) is 15.2. The fraction of sp³-hybridized carbons (Fsp3) is 0.550. The molecule has 0 saturated carbocycles. The van der Waals surface area contributed by atoms with Crippen molar-refractivity contribution in [2.75, 3.05) is 51.3 Å². The zero-order valence-corrected chi connectivity index (χ0v) is 16.0. The standard InChI is InChI=1S/C20H28ClN3O2/c21-18-7-4-8-19(15-18)22-20(25)24(16-17-5-2-1-3-6-17)10-9-23-11-13-26-14-12-23/h1-2,4,7-8,15,17H,3,5-6,9-14,16H2,(H,22,25). The van der Waals surface area contributed by atoms with Crippen LogP contribution in [0.25, 0.3) is 0 Å². The lowest BCUT2D eigenvalue weighted by Crippen LogP contribution is -2.45. The fourth-order valence-corrected chi connectivity index (χ4v) is 3.66. The number of hydrogen-bond acceptors (Lipinski definition) is 3. The van der Waals surface area contributed by atoms with Crippen LogP contribution in [0.2, 0.25) is 5.02 Å². The average molecular weight is 378 g/mol. The van der Waals surface area contributed by atoms with Gasteiger partial charge in [0.2, 0.25) is 0 Å². The third kappa shape index (κ3) is 6.01. The Hall–Kier alpha value is -1.56. The molecule has 2 aliphatic rings. The second kappa shape index (κ2) is 9.95. The van der Waals surface area contributed by atoms with Crippen LogP contribution in [0.1, 0.15) is 19.3 Å². The van der Waals surface area contributed by atoms with Gasteiger partial charge >= 0.3 is 6.03 Å². The molecule has 26 heavy (non-hydrogen) atoms. The molecule has 1 atom stereocenters. The fourth-order valence-electron chi connectivity index (χ4n) is 3.47. The number of allylic oxidation sites excluding steroid dienone is 2. The van der Waals surface area contributed by atoms with Crippen molar-refractivity contribution in [1.29, 1.82) is 0 Å². The van der Waals surface area contributed by atoms with E-state index in [-0.39, 0.29) is 6.03 Å². The number of hydrogen-bond donors (Lipinski definition) is 1. The first-order chi connectivity index (χ1) is 12.7. The number of benzene rings is 1. The van der Waals surface area contributed by atoms with E-state index in [2.05, 4.69) is 22.4 Å². The number of carbonyl (C=O) groups is 1. The first-order valence-corrected chi connectivity index (χ1v) is 9.85. The molecular weight excluding hydrogens is 350 g/mol. The normalized spacial score (nSPS) is 20.7. The monoisotopic (exact) mass is 377 g/mol. The molecule has 1 aromatic carbocycles. The topological polar surface area (TPSA) is 44.8 Å². The molecule has 142 valence electrons. The summed E-state index contributed by atoms with van der Waals surface area (Å²) in [6.45, 7) is 5.85. The molecule has 1 saturated heterocycles. The maximum absolute atomic E-state index is 12.9. The highest BCUT2D eigenvalue weighted by atomic mass is 35.5. The third-order valence-corrected chi connectivity index (χ3v) is 5.24. The van der Waals surface area contributed by atoms with Crippen molar-refractivity contribution in [3.63, 3.8) is 0 Å². The molecule has 6 heteroatoms. The highest BCUT2D eigenvalue weighted by Crippen LogP contribution is 2.20. The SMILES string of the molecule is O=C(Nc1cccc(Cl)c1)N(CCN1CCOCC1)CC1CC=CCC1. The minimum atomic E-state index is -0.0462. The van der Waals surface area contributed by atoms with Crippen LogP contribution in [-0.4, -0.2) is 61.8 Å². The molecule has 1 unspecified atom stereocenters. The van der Waals surface area contributed by atoms with E-state index in [1.165, 1.54) is 0 Å². The number of urea groups is 1. The highest BCUT2D eigenvalue weighted by molar-refractivity contribution is 6.30. The molecule has 3 rings (SSSR count). The van der Waals surface area contributed by atoms with Crippen LogP contribution in [0.15, 0.2) is 36.4 Å². The van der Waals surface area contributed by atoms with E-state index in [9.17, 15) is 4.79 Å². The number of nitrogens with one attached hydrogen (secondary N) is 1. The predicted molar refractivity (Wildman–Crippen MR) is 106 cm³/mol. The summed E-state index contributed by atoms with van der Waals surface area (Å²) < 4.78 is 5.41. The van der Waals surface area contributed by atoms with E-state index in [1.54, 1.807) is 6.07 Å². The Morgan fingerprint density at radius 1 is 1.31 bits per heavy atom. The molecule has 5 nitrogen and oxygen atoms in total. The van der Waals surface area contributed by atoms with Crippen LogP contribution in [0.4, 0.5) is 10.5 Å². The number of nitrogens with zero attached hydrogens (tertiary/aromatic N) is 2. The van der Waals surface area contributed by atoms with E-state index in [0.717, 1.165) is 70.9 Å². The maximum atomic E-state index is 12.9. The summed E-state index contributed by atoms with van der Waals surface area (Å²) in [5, 5.41) is 3.63. The second-order valence-corrected chi connectivity index (χ2v) is 7.43. The summed E-state index contributed by atoms with van der Waals surface area (Å²) in [5.41, 5.74) is 0.738. The second-order valence-electron chi connectivity index (χ2n) is 6.99. The molecule has 0 radical (unpaired) electrons. The first-order valence-electron chi connectivity index (χ1n) is 9.47. The minimum absolute atomic E-state index is 0.0462. The number of anilines is 1. The van der Waals surface area contributed by atoms with Gasteiger partial charge in [0.05, 0.1) is 13.2 Å². The highest BCUT2D eigenvalue weighted by Gasteiger charge is 2.21. The lowest BCUT2D eigenvalue weighted by atomic mass is 9.94. The molecule has 1 aromatic rings. The van der Waals surface area contributed by atoms with Crippen LogP contribution in [0.3, 0.4) is 0 Å². The first kappa shape index (κ1) is 19.2. The largest absolute Gasteiger partial charge is 0.379 e. The van der Waals surface area contributed by atoms with Crippen molar-refractivity contribution < 1.29 is 9.53 Å². The number of morpholine rings is 1. The number of halogens is 1. The number of rotatable bonds is 6. The van der Waals surface area contributed by atoms with Gasteiger partial charge in [0.25, 0.3) is 0 Å². The van der Waals surface area contributed by atoms with Gasteiger partial charge in [-0.2, -0.15) is 0 Å². The molecule has 1 heterocycles. The van der Waals surface area contributed by atoms with Gasteiger partial charge in [-0.1, -0.05) is 29.8 Å². The van der Waals surface area contributed by atoms with Crippen LogP contribution < -0.4 is 5.32 Å². The van der Waals surface area contributed by atoms with Gasteiger partial charge in [-0.25, -0.2) is 4.79 Å². The van der Waals surface area contributed by atoms with E-state index in [0.29, 0.717) is 10.9 Å². The van der Waals surface area contributed by atoms with E-state index in [1.807, 2.05) is 23.1 Å². The molecule has 0 bridgehead atoms. The van der Waals surface area contributed by atoms with Crippen LogP contribution in [0.5, 0.6) is 0 Å². The van der Waals surface area contributed by atoms with Crippen LogP contribution >= 0.6 is 11.6 Å². The molecule has 1 aliphatic carbocycles. The molecule has 2 amide bonds. The quantitative estimate of drug-likeness (QED) is 0.765. The van der Waals surface area contributed by atoms with Crippen molar-refractivity contribution in [2.24, 2.45) is 5.92 Å². The summed E-state index contributed by atoms with van der Waals surface area (Å²) in [7, 11) is 0. The van der Waals surface area contributed by atoms with Crippen molar-refractivity contribution in [3.8, 4) is 0 Å². The van der Waals surface area contributed by atoms with Crippen LogP contribution in [0, 0.1) is 5.92 Å². The Labute approximate surface area is 160 Å². The lowest BCUT2D eigenvalue weighted by Gasteiger charge is -2.32. The summed E-state index contributed by atoms with van der Waals surface area (Å²) in [5.74, 6) is 0.537. The Balaban J connectivity index is 1.60. The summed E-state index contributed by atoms with van der Waals surface area (Å²) >= 11 is 6.04. The Kier molecular flexibility index (Phi) is 7.35. The van der Waals surface area contributed by atoms with E-state index in [4.69, 9.17) is 16.3 Å². The van der Waals surface area contributed by atoms with Gasteiger partial charge in [-0.05, 0) is 43.4 Å². The molecular formula is C20H28ClN3O2. The van der Waals surface area contributed by atoms with Crippen molar-refractivity contribution >= 4 is 23.3 Å². The smallest absolute Gasteiger partial charge is 0.321 e. The molecule has 1 fully saturated rings.